The van der Waals surface area contributed by atoms with Crippen molar-refractivity contribution in [1.29, 1.82) is 0 Å². The monoisotopic (exact) mass is 416 g/mol. The van der Waals surface area contributed by atoms with E-state index < -0.39 is 10.3 Å². The van der Waals surface area contributed by atoms with Gasteiger partial charge in [-0.2, -0.15) is 0 Å². The van der Waals surface area contributed by atoms with Gasteiger partial charge in [-0.15, -0.1) is 0 Å². The Balaban J connectivity index is -0.000000115. The lowest BCUT2D eigenvalue weighted by molar-refractivity contribution is -0.134. The molecule has 1 aromatic carbocycles. The highest BCUT2D eigenvalue weighted by Crippen LogP contribution is 2.03. The first-order chi connectivity index (χ1) is 11.4. The summed E-state index contributed by atoms with van der Waals surface area (Å²) in [4.78, 5) is 27.6. The molecule has 0 unspecified atom stereocenters. The van der Waals surface area contributed by atoms with E-state index in [0.29, 0.717) is 13.1 Å². The fraction of sp³-hybridized carbons (Fsp3) is 0.471. The van der Waals surface area contributed by atoms with E-state index in [4.69, 9.17) is 44.7 Å². The Kier molecular flexibility index (Phi) is 31.4. The van der Waals surface area contributed by atoms with E-state index in [1.54, 1.807) is 6.92 Å². The summed E-state index contributed by atoms with van der Waals surface area (Å²) in [5.41, 5.74) is 2.74. The zero-order chi connectivity index (χ0) is 20.8. The van der Waals surface area contributed by atoms with Crippen LogP contribution in [0.15, 0.2) is 24.3 Å². The van der Waals surface area contributed by atoms with Crippen molar-refractivity contribution in [3.8, 4) is 0 Å². The maximum atomic E-state index is 9.44. The summed E-state index contributed by atoms with van der Waals surface area (Å²) < 4.78 is 3.40. The fourth-order valence-electron chi connectivity index (χ4n) is 0.731. The third-order valence-electron chi connectivity index (χ3n) is 1.66. The summed E-state index contributed by atoms with van der Waals surface area (Å²) in [7, 11) is 0. The van der Waals surface area contributed by atoms with Crippen molar-refractivity contribution in [2.75, 3.05) is 6.61 Å². The molecule has 0 bridgehead atoms. The van der Waals surface area contributed by atoms with Gasteiger partial charge in [0.05, 0.1) is 6.61 Å². The number of aryl methyl sites for hydroxylation is 2. The van der Waals surface area contributed by atoms with Crippen LogP contribution in [0.3, 0.4) is 0 Å². The molecule has 146 valence electrons. The number of carboxylic acids is 1. The minimum Gasteiger partial charge on any atom is -0.481 e. The topological polar surface area (TPSA) is 80.7 Å². The van der Waals surface area contributed by atoms with Crippen molar-refractivity contribution in [2.24, 2.45) is 0 Å². The molecule has 0 spiro atoms. The molecule has 0 aliphatic rings. The highest BCUT2D eigenvalue weighted by Gasteiger charge is 1.83. The van der Waals surface area contributed by atoms with Crippen LogP contribution in [0.5, 0.6) is 0 Å². The standard InChI is InChI=1S/C8H10.C3H6O2.C3H6O.C2H4O2.CHCl3/c1-7-5-3-4-6-8(7)2;1-2-5-3-4;1-3(2)4;1-2(3)4;2-1(3)4/h3-6H,1-2H3;3H,2H2,1H3;1-2H3;1H3,(H,3,4);1H. The highest BCUT2D eigenvalue weighted by molar-refractivity contribution is 6.63. The van der Waals surface area contributed by atoms with Crippen LogP contribution < -0.4 is 0 Å². The number of Topliss-reactive ketones (excluding diaryl/α,β-unsaturated/α-hetero) is 1. The minimum atomic E-state index is -0.833. The molecular weight excluding hydrogens is 391 g/mol. The first-order valence-corrected chi connectivity index (χ1v) is 8.39. The van der Waals surface area contributed by atoms with Crippen LogP contribution in [-0.2, 0) is 19.1 Å². The van der Waals surface area contributed by atoms with Crippen molar-refractivity contribution in [1.82, 2.24) is 0 Å². The van der Waals surface area contributed by atoms with Gasteiger partial charge in [0.2, 0.25) is 0 Å². The van der Waals surface area contributed by atoms with E-state index in [0.717, 1.165) is 6.92 Å². The average molecular weight is 418 g/mol. The lowest BCUT2D eigenvalue weighted by Gasteiger charge is -1.93. The number of alkyl halides is 3. The SMILES string of the molecule is CC(=O)O.CC(C)=O.CCOC=O.Cc1ccccc1C.ClC(Cl)Cl. The van der Waals surface area contributed by atoms with Gasteiger partial charge in [0.25, 0.3) is 12.4 Å². The quantitative estimate of drug-likeness (QED) is 0.531. The summed E-state index contributed by atoms with van der Waals surface area (Å²) >= 11 is 14.4. The Morgan fingerprint density at radius 1 is 1.08 bits per heavy atom. The maximum Gasteiger partial charge on any atom is 0.300 e. The number of rotatable bonds is 2. The van der Waals surface area contributed by atoms with Gasteiger partial charge in [-0.25, -0.2) is 0 Å². The van der Waals surface area contributed by atoms with Crippen molar-refractivity contribution >= 4 is 53.0 Å². The molecule has 0 radical (unpaired) electrons. The highest BCUT2D eigenvalue weighted by atomic mass is 35.6. The van der Waals surface area contributed by atoms with Gasteiger partial charge in [-0.1, -0.05) is 59.1 Å². The molecule has 0 aliphatic heterocycles. The Bertz CT molecular complexity index is 408. The molecule has 0 atom stereocenters. The van der Waals surface area contributed by atoms with Crippen LogP contribution in [0.2, 0.25) is 0 Å². The van der Waals surface area contributed by atoms with E-state index >= 15 is 0 Å². The van der Waals surface area contributed by atoms with Crippen molar-refractivity contribution in [3.63, 3.8) is 0 Å². The van der Waals surface area contributed by atoms with Crippen LogP contribution in [0.4, 0.5) is 0 Å². The number of halogens is 3. The molecule has 1 aromatic rings. The van der Waals surface area contributed by atoms with Crippen molar-refractivity contribution < 1.29 is 24.2 Å². The summed E-state index contributed by atoms with van der Waals surface area (Å²) in [6.45, 7) is 11.0. The lowest BCUT2D eigenvalue weighted by Crippen LogP contribution is -1.80. The molecule has 0 saturated carbocycles. The zero-order valence-corrected chi connectivity index (χ0v) is 17.7. The number of aliphatic carboxylic acids is 1. The van der Waals surface area contributed by atoms with Crippen LogP contribution in [0.25, 0.3) is 0 Å². The second-order valence-electron chi connectivity index (χ2n) is 4.31. The molecule has 0 heterocycles. The summed E-state index contributed by atoms with van der Waals surface area (Å²) in [6.07, 6.45) is 0. The molecule has 0 amide bonds. The van der Waals surface area contributed by atoms with Crippen molar-refractivity contribution in [2.45, 2.75) is 45.8 Å². The van der Waals surface area contributed by atoms with E-state index in [1.807, 2.05) is 0 Å². The number of ketones is 1. The number of carbonyl (C=O) groups is 3. The van der Waals surface area contributed by atoms with E-state index in [9.17, 15) is 9.59 Å². The summed E-state index contributed by atoms with van der Waals surface area (Å²) in [5, 5.41) is 7.42. The molecule has 0 saturated heterocycles. The Morgan fingerprint density at radius 2 is 1.32 bits per heavy atom. The van der Waals surface area contributed by atoms with E-state index in [-0.39, 0.29) is 5.78 Å². The predicted octanol–water partition coefficient (Wildman–Crippen LogP) is 5.16. The largest absolute Gasteiger partial charge is 0.481 e. The number of hydrogen-bond donors (Lipinski definition) is 1. The van der Waals surface area contributed by atoms with Crippen LogP contribution in [0.1, 0.15) is 38.8 Å². The molecule has 5 nitrogen and oxygen atoms in total. The van der Waals surface area contributed by atoms with Gasteiger partial charge in [0.15, 0.2) is 4.30 Å². The molecule has 1 N–H and O–H groups in total. The first-order valence-electron chi connectivity index (χ1n) is 7.08. The predicted molar refractivity (Wildman–Crippen MR) is 105 cm³/mol. The van der Waals surface area contributed by atoms with Gasteiger partial charge in [0.1, 0.15) is 5.78 Å². The summed E-state index contributed by atoms with van der Waals surface area (Å²) in [6, 6.07) is 8.36. The molecule has 1 rings (SSSR count). The second-order valence-corrected chi connectivity index (χ2v) is 6.29. The van der Waals surface area contributed by atoms with Gasteiger partial charge >= 0.3 is 0 Å². The molecule has 0 aliphatic carbocycles. The lowest BCUT2D eigenvalue weighted by atomic mass is 10.1. The zero-order valence-electron chi connectivity index (χ0n) is 15.4. The number of benzene rings is 1. The molecular formula is C17H27Cl3O5. The van der Waals surface area contributed by atoms with Gasteiger partial charge in [-0.05, 0) is 45.7 Å². The smallest absolute Gasteiger partial charge is 0.300 e. The van der Waals surface area contributed by atoms with Gasteiger partial charge in [0, 0.05) is 6.92 Å². The number of hydrogen-bond acceptors (Lipinski definition) is 4. The maximum absolute atomic E-state index is 9.44. The van der Waals surface area contributed by atoms with Crippen molar-refractivity contribution in [3.05, 3.63) is 35.4 Å². The average Bonchev–Trinajstić information content (AvgIpc) is 2.42. The van der Waals surface area contributed by atoms with Crippen LogP contribution >= 0.6 is 34.8 Å². The first kappa shape index (κ1) is 31.5. The van der Waals surface area contributed by atoms with E-state index in [1.165, 1.54) is 25.0 Å². The molecule has 8 heteroatoms. The molecule has 0 aromatic heterocycles. The summed E-state index contributed by atoms with van der Waals surface area (Å²) in [5.74, 6) is -0.667. The molecule has 25 heavy (non-hydrogen) atoms. The Labute approximate surface area is 165 Å². The Morgan fingerprint density at radius 3 is 1.40 bits per heavy atom. The van der Waals surface area contributed by atoms with Crippen LogP contribution in [-0.4, -0.2) is 34.2 Å². The third kappa shape index (κ3) is 71.1. The van der Waals surface area contributed by atoms with Gasteiger partial charge < -0.3 is 14.6 Å². The normalized spacial score (nSPS) is 7.76. The number of ether oxygens (including phenoxy) is 1. The fourth-order valence-corrected chi connectivity index (χ4v) is 0.731. The van der Waals surface area contributed by atoms with E-state index in [2.05, 4.69) is 42.8 Å². The third-order valence-corrected chi connectivity index (χ3v) is 1.66. The second kappa shape index (κ2) is 24.9. The van der Waals surface area contributed by atoms with Crippen LogP contribution in [0, 0.1) is 13.8 Å². The minimum absolute atomic E-state index is 0.167. The number of carbonyl (C=O) groups excluding carboxylic acids is 2. The molecule has 0 fully saturated rings. The Hall–Kier alpha value is -1.30. The van der Waals surface area contributed by atoms with Gasteiger partial charge in [-0.3, -0.25) is 9.59 Å². The number of carboxylic acid groups (broad SMARTS) is 1.